The van der Waals surface area contributed by atoms with E-state index in [2.05, 4.69) is 152 Å². The molecule has 0 radical (unpaired) electrons. The molecule has 0 fully saturated rings. The first kappa shape index (κ1) is 29.0. The monoisotopic (exact) mass is 643 g/mol. The molecule has 0 aliphatic carbocycles. The van der Waals surface area contributed by atoms with Crippen LogP contribution in [0.2, 0.25) is 0 Å². The molecule has 0 unspecified atom stereocenters. The molecule has 0 aliphatic rings. The van der Waals surface area contributed by atoms with Crippen LogP contribution < -0.4 is 0 Å². The van der Waals surface area contributed by atoms with Crippen molar-refractivity contribution in [2.45, 2.75) is 0 Å². The number of nitrogens with zero attached hydrogens (tertiary/aromatic N) is 3. The number of fused-ring (bicyclic) bond motifs is 3. The summed E-state index contributed by atoms with van der Waals surface area (Å²) in [6.45, 7) is 0. The fraction of sp³-hybridized carbons (Fsp3) is 0. The highest BCUT2D eigenvalue weighted by Crippen LogP contribution is 2.42. The maximum atomic E-state index is 5.21. The molecule has 6 aromatic carbocycles. The molecule has 0 aliphatic heterocycles. The fourth-order valence-corrected chi connectivity index (χ4v) is 7.77. The van der Waals surface area contributed by atoms with E-state index in [-0.39, 0.29) is 0 Å². The van der Waals surface area contributed by atoms with Crippen molar-refractivity contribution in [3.63, 3.8) is 0 Å². The lowest BCUT2D eigenvalue weighted by Crippen LogP contribution is -1.98. The maximum Gasteiger partial charge on any atom is 0.160 e. The Bertz CT molecular complexity index is 2470. The molecule has 230 valence electrons. The van der Waals surface area contributed by atoms with Crippen LogP contribution in [-0.4, -0.2) is 15.0 Å². The van der Waals surface area contributed by atoms with Crippen molar-refractivity contribution >= 4 is 31.5 Å². The van der Waals surface area contributed by atoms with Gasteiger partial charge in [-0.2, -0.15) is 0 Å². The lowest BCUT2D eigenvalue weighted by atomic mass is 9.98. The van der Waals surface area contributed by atoms with Crippen LogP contribution >= 0.6 is 11.3 Å². The molecule has 9 rings (SSSR count). The van der Waals surface area contributed by atoms with E-state index >= 15 is 0 Å². The van der Waals surface area contributed by atoms with Crippen LogP contribution in [-0.2, 0) is 0 Å². The van der Waals surface area contributed by atoms with E-state index in [1.807, 2.05) is 35.7 Å². The minimum atomic E-state index is 0.663. The van der Waals surface area contributed by atoms with E-state index in [4.69, 9.17) is 15.0 Å². The lowest BCUT2D eigenvalue weighted by Gasteiger charge is -2.13. The number of benzene rings is 6. The first-order valence-electron chi connectivity index (χ1n) is 16.4. The molecule has 3 nitrogen and oxygen atoms in total. The predicted molar refractivity (Wildman–Crippen MR) is 205 cm³/mol. The summed E-state index contributed by atoms with van der Waals surface area (Å²) in [6, 6.07) is 59.4. The SMILES string of the molecule is c1ccc(-c2ccc(-c3cc(-c4ncccc4-c4cccc5c4sc4ccccc45)nc(-c4ccc(-c5ccccc5)cc4)n3)cc2)cc1. The van der Waals surface area contributed by atoms with Gasteiger partial charge in [-0.1, -0.05) is 152 Å². The zero-order valence-electron chi connectivity index (χ0n) is 26.5. The van der Waals surface area contributed by atoms with E-state index in [1.165, 1.54) is 36.9 Å². The number of pyridine rings is 1. The Morgan fingerprint density at radius 3 is 1.65 bits per heavy atom. The molecule has 3 heterocycles. The van der Waals surface area contributed by atoms with Crippen LogP contribution in [0.25, 0.3) is 87.6 Å². The Hall–Kier alpha value is -6.23. The van der Waals surface area contributed by atoms with E-state index in [0.29, 0.717) is 5.82 Å². The van der Waals surface area contributed by atoms with Gasteiger partial charge in [0.2, 0.25) is 0 Å². The third-order valence-corrected chi connectivity index (χ3v) is 10.2. The fourth-order valence-electron chi connectivity index (χ4n) is 6.54. The van der Waals surface area contributed by atoms with Gasteiger partial charge in [-0.3, -0.25) is 4.98 Å². The highest BCUT2D eigenvalue weighted by molar-refractivity contribution is 7.26. The number of aromatic nitrogens is 3. The zero-order chi connectivity index (χ0) is 32.6. The van der Waals surface area contributed by atoms with Crippen molar-refractivity contribution in [3.8, 4) is 67.4 Å². The van der Waals surface area contributed by atoms with Gasteiger partial charge in [0, 0.05) is 48.6 Å². The van der Waals surface area contributed by atoms with E-state index in [0.717, 1.165) is 44.9 Å². The summed E-state index contributed by atoms with van der Waals surface area (Å²) in [7, 11) is 0. The van der Waals surface area contributed by atoms with Crippen molar-refractivity contribution in [1.82, 2.24) is 15.0 Å². The Balaban J connectivity index is 1.20. The first-order valence-corrected chi connectivity index (χ1v) is 17.2. The quantitative estimate of drug-likeness (QED) is 0.181. The molecule has 3 aromatic heterocycles. The van der Waals surface area contributed by atoms with Gasteiger partial charge in [0.1, 0.15) is 0 Å². The number of hydrogen-bond acceptors (Lipinski definition) is 4. The largest absolute Gasteiger partial charge is 0.254 e. The number of thiophene rings is 1. The molecule has 0 spiro atoms. The third-order valence-electron chi connectivity index (χ3n) is 9.01. The van der Waals surface area contributed by atoms with Crippen molar-refractivity contribution in [2.24, 2.45) is 0 Å². The summed E-state index contributed by atoms with van der Waals surface area (Å²) in [4.78, 5) is 15.3. The highest BCUT2D eigenvalue weighted by Gasteiger charge is 2.18. The molecule has 0 amide bonds. The maximum absolute atomic E-state index is 5.21. The smallest absolute Gasteiger partial charge is 0.160 e. The lowest BCUT2D eigenvalue weighted by molar-refractivity contribution is 1.16. The average molecular weight is 644 g/mol. The van der Waals surface area contributed by atoms with Gasteiger partial charge >= 0.3 is 0 Å². The van der Waals surface area contributed by atoms with Crippen molar-refractivity contribution in [3.05, 3.63) is 176 Å². The van der Waals surface area contributed by atoms with Crippen LogP contribution in [0.4, 0.5) is 0 Å². The van der Waals surface area contributed by atoms with Crippen molar-refractivity contribution in [1.29, 1.82) is 0 Å². The average Bonchev–Trinajstić information content (AvgIpc) is 3.58. The Labute approximate surface area is 288 Å². The van der Waals surface area contributed by atoms with Gasteiger partial charge in [0.05, 0.1) is 17.1 Å². The van der Waals surface area contributed by atoms with Gasteiger partial charge in [-0.05, 0) is 40.5 Å². The van der Waals surface area contributed by atoms with Gasteiger partial charge in [-0.25, -0.2) is 9.97 Å². The van der Waals surface area contributed by atoms with Crippen molar-refractivity contribution in [2.75, 3.05) is 0 Å². The predicted octanol–water partition coefficient (Wildman–Crippen LogP) is 12.2. The summed E-state index contributed by atoms with van der Waals surface area (Å²) >= 11 is 1.83. The molecule has 4 heteroatoms. The van der Waals surface area contributed by atoms with E-state index in [9.17, 15) is 0 Å². The molecule has 0 saturated heterocycles. The zero-order valence-corrected chi connectivity index (χ0v) is 27.3. The van der Waals surface area contributed by atoms with E-state index < -0.39 is 0 Å². The minimum Gasteiger partial charge on any atom is -0.254 e. The summed E-state index contributed by atoms with van der Waals surface area (Å²) in [6.07, 6.45) is 1.86. The first-order chi connectivity index (χ1) is 24.3. The molecule has 49 heavy (non-hydrogen) atoms. The molecule has 9 aromatic rings. The van der Waals surface area contributed by atoms with Gasteiger partial charge in [-0.15, -0.1) is 11.3 Å². The Morgan fingerprint density at radius 2 is 0.939 bits per heavy atom. The molecular formula is C45H29N3S. The van der Waals surface area contributed by atoms with Crippen LogP contribution in [0, 0.1) is 0 Å². The molecule has 0 atom stereocenters. The molecular weight excluding hydrogens is 615 g/mol. The number of rotatable bonds is 6. The summed E-state index contributed by atoms with van der Waals surface area (Å²) in [5.74, 6) is 0.663. The highest BCUT2D eigenvalue weighted by atomic mass is 32.1. The standard InChI is InChI=1S/C45H29N3S/c1-3-11-30(12-4-1)32-20-24-34(25-21-32)40-29-41(48-45(47-40)35-26-22-33(23-27-35)31-13-5-2-6-14-31)43-37(18-10-28-46-43)39-17-9-16-38-36-15-7-8-19-42(36)49-44(38)39/h1-29H. The van der Waals surface area contributed by atoms with Gasteiger partial charge < -0.3 is 0 Å². The normalized spacial score (nSPS) is 11.3. The summed E-state index contributed by atoms with van der Waals surface area (Å²) < 4.78 is 2.53. The minimum absolute atomic E-state index is 0.663. The second kappa shape index (κ2) is 12.4. The second-order valence-electron chi connectivity index (χ2n) is 12.0. The van der Waals surface area contributed by atoms with Crippen molar-refractivity contribution < 1.29 is 0 Å². The second-order valence-corrected chi connectivity index (χ2v) is 13.1. The topological polar surface area (TPSA) is 38.7 Å². The van der Waals surface area contributed by atoms with Crippen LogP contribution in [0.5, 0.6) is 0 Å². The third kappa shape index (κ3) is 5.48. The molecule has 0 saturated carbocycles. The van der Waals surface area contributed by atoms with Crippen LogP contribution in [0.15, 0.2) is 176 Å². The van der Waals surface area contributed by atoms with Gasteiger partial charge in [0.25, 0.3) is 0 Å². The summed E-state index contributed by atoms with van der Waals surface area (Å²) in [5.41, 5.74) is 11.3. The molecule has 0 N–H and O–H groups in total. The van der Waals surface area contributed by atoms with Crippen LogP contribution in [0.3, 0.4) is 0 Å². The Kier molecular flexibility index (Phi) is 7.34. The number of hydrogen-bond donors (Lipinski definition) is 0. The van der Waals surface area contributed by atoms with Gasteiger partial charge in [0.15, 0.2) is 5.82 Å². The molecule has 0 bridgehead atoms. The van der Waals surface area contributed by atoms with E-state index in [1.54, 1.807) is 0 Å². The summed E-state index contributed by atoms with van der Waals surface area (Å²) in [5, 5.41) is 2.54. The van der Waals surface area contributed by atoms with Crippen LogP contribution in [0.1, 0.15) is 0 Å². The Morgan fingerprint density at radius 1 is 0.388 bits per heavy atom.